The number of ether oxygens (including phenoxy) is 1. The number of carbonyl (C=O) groups excluding carboxylic acids is 2. The van der Waals surface area contributed by atoms with E-state index in [-0.39, 0.29) is 18.4 Å². The summed E-state index contributed by atoms with van der Waals surface area (Å²) in [7, 11) is 0. The van der Waals surface area contributed by atoms with Gasteiger partial charge in [-0.15, -0.1) is 0 Å². The van der Waals surface area contributed by atoms with Gasteiger partial charge in [0.05, 0.1) is 12.8 Å². The maximum absolute atomic E-state index is 12.9. The van der Waals surface area contributed by atoms with Crippen molar-refractivity contribution in [2.24, 2.45) is 0 Å². The molecule has 3 aromatic rings. The Morgan fingerprint density at radius 1 is 0.971 bits per heavy atom. The monoisotopic (exact) mass is 474 g/mol. The van der Waals surface area contributed by atoms with Crippen LogP contribution < -0.4 is 9.64 Å². The number of piperazine rings is 1. The van der Waals surface area contributed by atoms with Crippen LogP contribution in [0.25, 0.3) is 11.3 Å². The van der Waals surface area contributed by atoms with Crippen LogP contribution in [0.4, 0.5) is 5.69 Å². The molecular formula is C27H30N4O4. The first-order valence-corrected chi connectivity index (χ1v) is 12.2. The number of rotatable bonds is 8. The standard InChI is InChI=1S/C27H30N4O4/c32-26-19-30(27(33)22-6-4-21(5-7-22)25-18-28-20-35-25)15-16-31(26)23-8-10-24(11-9-23)34-17-3-14-29-12-1-2-13-29/h4-11,18,20H,1-3,12-17,19H2. The molecule has 182 valence electrons. The van der Waals surface area contributed by atoms with E-state index < -0.39 is 0 Å². The van der Waals surface area contributed by atoms with Crippen molar-refractivity contribution >= 4 is 17.5 Å². The fraction of sp³-hybridized carbons (Fsp3) is 0.370. The number of nitrogens with zero attached hydrogens (tertiary/aromatic N) is 4. The fourth-order valence-corrected chi connectivity index (χ4v) is 4.64. The summed E-state index contributed by atoms with van der Waals surface area (Å²) in [4.78, 5) is 35.5. The number of hydrogen-bond acceptors (Lipinski definition) is 6. The first kappa shape index (κ1) is 23.1. The first-order chi connectivity index (χ1) is 17.2. The summed E-state index contributed by atoms with van der Waals surface area (Å²) >= 11 is 0. The highest BCUT2D eigenvalue weighted by Crippen LogP contribution is 2.23. The molecule has 2 aliphatic heterocycles. The quantitative estimate of drug-likeness (QED) is 0.464. The van der Waals surface area contributed by atoms with Crippen molar-refractivity contribution in [2.45, 2.75) is 19.3 Å². The normalized spacial score (nSPS) is 16.6. The van der Waals surface area contributed by atoms with Crippen molar-refractivity contribution in [3.05, 3.63) is 66.7 Å². The lowest BCUT2D eigenvalue weighted by Gasteiger charge is -2.34. The number of carbonyl (C=O) groups is 2. The van der Waals surface area contributed by atoms with E-state index in [0.717, 1.165) is 30.0 Å². The lowest BCUT2D eigenvalue weighted by Crippen LogP contribution is -2.52. The minimum absolute atomic E-state index is 0.0530. The number of likely N-dealkylation sites (tertiary alicyclic amines) is 1. The van der Waals surface area contributed by atoms with Crippen molar-refractivity contribution in [3.63, 3.8) is 0 Å². The van der Waals surface area contributed by atoms with Crippen molar-refractivity contribution < 1.29 is 18.7 Å². The van der Waals surface area contributed by atoms with E-state index in [4.69, 9.17) is 9.15 Å². The van der Waals surface area contributed by atoms with Gasteiger partial charge in [0.25, 0.3) is 5.91 Å². The molecular weight excluding hydrogens is 444 g/mol. The summed E-state index contributed by atoms with van der Waals surface area (Å²) in [6.45, 7) is 5.17. The second-order valence-corrected chi connectivity index (χ2v) is 8.96. The molecule has 0 radical (unpaired) electrons. The molecule has 0 N–H and O–H groups in total. The van der Waals surface area contributed by atoms with E-state index >= 15 is 0 Å². The molecule has 1 aromatic heterocycles. The summed E-state index contributed by atoms with van der Waals surface area (Å²) < 4.78 is 11.2. The molecule has 0 spiro atoms. The average molecular weight is 475 g/mol. The van der Waals surface area contributed by atoms with E-state index in [1.54, 1.807) is 28.1 Å². The summed E-state index contributed by atoms with van der Waals surface area (Å²) in [6.07, 6.45) is 6.63. The third kappa shape index (κ3) is 5.54. The van der Waals surface area contributed by atoms with Crippen molar-refractivity contribution in [2.75, 3.05) is 50.8 Å². The maximum Gasteiger partial charge on any atom is 0.254 e. The second-order valence-electron chi connectivity index (χ2n) is 8.96. The molecule has 2 aromatic carbocycles. The lowest BCUT2D eigenvalue weighted by molar-refractivity contribution is -0.120. The van der Waals surface area contributed by atoms with Gasteiger partial charge in [-0.2, -0.15) is 0 Å². The second kappa shape index (κ2) is 10.7. The molecule has 5 rings (SSSR count). The molecule has 2 saturated heterocycles. The van der Waals surface area contributed by atoms with Crippen molar-refractivity contribution in [3.8, 4) is 17.1 Å². The topological polar surface area (TPSA) is 79.1 Å². The number of hydrogen-bond donors (Lipinski definition) is 0. The molecule has 3 heterocycles. The van der Waals surface area contributed by atoms with Crippen molar-refractivity contribution in [1.29, 1.82) is 0 Å². The zero-order chi connectivity index (χ0) is 24.0. The highest BCUT2D eigenvalue weighted by Gasteiger charge is 2.28. The van der Waals surface area contributed by atoms with E-state index in [2.05, 4.69) is 9.88 Å². The van der Waals surface area contributed by atoms with E-state index in [0.29, 0.717) is 31.0 Å². The van der Waals surface area contributed by atoms with Crippen LogP contribution in [0.2, 0.25) is 0 Å². The molecule has 2 amide bonds. The smallest absolute Gasteiger partial charge is 0.254 e. The first-order valence-electron chi connectivity index (χ1n) is 12.2. The third-order valence-electron chi connectivity index (χ3n) is 6.59. The Kier molecular flexibility index (Phi) is 7.09. The largest absolute Gasteiger partial charge is 0.494 e. The molecule has 8 heteroatoms. The Morgan fingerprint density at radius 3 is 2.43 bits per heavy atom. The average Bonchev–Trinajstić information content (AvgIpc) is 3.62. The number of benzene rings is 2. The summed E-state index contributed by atoms with van der Waals surface area (Å²) in [5.41, 5.74) is 2.21. The Morgan fingerprint density at radius 2 is 1.74 bits per heavy atom. The number of anilines is 1. The van der Waals surface area contributed by atoms with Gasteiger partial charge in [-0.25, -0.2) is 4.98 Å². The van der Waals surface area contributed by atoms with Crippen LogP contribution in [0, 0.1) is 0 Å². The van der Waals surface area contributed by atoms with Gasteiger partial charge in [-0.05, 0) is 68.8 Å². The van der Waals surface area contributed by atoms with Crippen LogP contribution in [-0.4, -0.2) is 72.5 Å². The molecule has 0 bridgehead atoms. The molecule has 0 unspecified atom stereocenters. The van der Waals surface area contributed by atoms with Gasteiger partial charge in [-0.3, -0.25) is 9.59 Å². The van der Waals surface area contributed by atoms with Crippen LogP contribution in [0.3, 0.4) is 0 Å². The van der Waals surface area contributed by atoms with Crippen LogP contribution in [0.5, 0.6) is 5.75 Å². The molecule has 8 nitrogen and oxygen atoms in total. The number of aromatic nitrogens is 1. The van der Waals surface area contributed by atoms with Crippen LogP contribution >= 0.6 is 0 Å². The summed E-state index contributed by atoms with van der Waals surface area (Å²) in [6, 6.07) is 14.8. The number of amides is 2. The Balaban J connectivity index is 1.11. The van der Waals surface area contributed by atoms with E-state index in [1.165, 1.54) is 32.3 Å². The van der Waals surface area contributed by atoms with Gasteiger partial charge >= 0.3 is 0 Å². The zero-order valence-electron chi connectivity index (χ0n) is 19.8. The summed E-state index contributed by atoms with van der Waals surface area (Å²) in [5.74, 6) is 1.21. The number of oxazole rings is 1. The molecule has 35 heavy (non-hydrogen) atoms. The molecule has 0 aliphatic carbocycles. The maximum atomic E-state index is 12.9. The van der Waals surface area contributed by atoms with Gasteiger partial charge in [-0.1, -0.05) is 12.1 Å². The minimum atomic E-state index is -0.153. The predicted molar refractivity (Wildman–Crippen MR) is 132 cm³/mol. The summed E-state index contributed by atoms with van der Waals surface area (Å²) in [5, 5.41) is 0. The minimum Gasteiger partial charge on any atom is -0.494 e. The molecule has 0 atom stereocenters. The SMILES string of the molecule is O=C(c1ccc(-c2cnco2)cc1)N1CCN(c2ccc(OCCCN3CCCC3)cc2)C(=O)C1. The van der Waals surface area contributed by atoms with Crippen LogP contribution in [-0.2, 0) is 4.79 Å². The predicted octanol–water partition coefficient (Wildman–Crippen LogP) is 3.70. The van der Waals surface area contributed by atoms with Gasteiger partial charge in [0.15, 0.2) is 12.2 Å². The van der Waals surface area contributed by atoms with Crippen molar-refractivity contribution in [1.82, 2.24) is 14.8 Å². The molecule has 0 saturated carbocycles. The van der Waals surface area contributed by atoms with Gasteiger partial charge in [0.1, 0.15) is 12.3 Å². The van der Waals surface area contributed by atoms with Gasteiger partial charge < -0.3 is 23.9 Å². The van der Waals surface area contributed by atoms with Crippen LogP contribution in [0.1, 0.15) is 29.6 Å². The molecule has 2 aliphatic rings. The van der Waals surface area contributed by atoms with E-state index in [9.17, 15) is 9.59 Å². The fourth-order valence-electron chi connectivity index (χ4n) is 4.64. The third-order valence-corrected chi connectivity index (χ3v) is 6.59. The van der Waals surface area contributed by atoms with Gasteiger partial charge in [0, 0.05) is 36.4 Å². The zero-order valence-corrected chi connectivity index (χ0v) is 19.8. The lowest BCUT2D eigenvalue weighted by atomic mass is 10.1. The highest BCUT2D eigenvalue weighted by molar-refractivity contribution is 6.01. The van der Waals surface area contributed by atoms with Gasteiger partial charge in [0.2, 0.25) is 5.91 Å². The Hall–Kier alpha value is -3.65. The Labute approximate surface area is 205 Å². The van der Waals surface area contributed by atoms with E-state index in [1.807, 2.05) is 36.4 Å². The molecule has 2 fully saturated rings. The van der Waals surface area contributed by atoms with Crippen LogP contribution in [0.15, 0.2) is 65.5 Å². The highest BCUT2D eigenvalue weighted by atomic mass is 16.5. The Bertz CT molecular complexity index is 1120.